The largest absolute Gasteiger partial charge is 0.366 e. The lowest BCUT2D eigenvalue weighted by Gasteiger charge is -2.39. The van der Waals surface area contributed by atoms with Crippen molar-refractivity contribution < 1.29 is 9.32 Å². The number of anilines is 2. The highest BCUT2D eigenvalue weighted by molar-refractivity contribution is 8.93. The van der Waals surface area contributed by atoms with Gasteiger partial charge >= 0.3 is 0 Å². The fraction of sp³-hybridized carbons (Fsp3) is 0.333. The quantitative estimate of drug-likeness (QED) is 0.616. The zero-order valence-electron chi connectivity index (χ0n) is 15.5. The third kappa shape index (κ3) is 3.18. The van der Waals surface area contributed by atoms with E-state index in [0.717, 1.165) is 60.3 Å². The minimum atomic E-state index is -0.240. The fourth-order valence-corrected chi connectivity index (χ4v) is 4.36. The number of nitrogens with one attached hydrogen (secondary N) is 1. The zero-order chi connectivity index (χ0) is 18.2. The molecule has 3 heterocycles. The van der Waals surface area contributed by atoms with E-state index in [1.807, 2.05) is 30.3 Å². The van der Waals surface area contributed by atoms with Gasteiger partial charge in [0.05, 0.1) is 23.7 Å². The fourth-order valence-electron chi connectivity index (χ4n) is 4.36. The Balaban J connectivity index is 0.00000192. The molecule has 1 unspecified atom stereocenters. The molecule has 1 saturated heterocycles. The zero-order valence-corrected chi connectivity index (χ0v) is 17.2. The first-order valence-electron chi connectivity index (χ1n) is 9.48. The molecule has 1 N–H and O–H groups in total. The van der Waals surface area contributed by atoms with Crippen LogP contribution in [-0.2, 0) is 4.79 Å². The summed E-state index contributed by atoms with van der Waals surface area (Å²) in [4.78, 5) is 16.4. The highest BCUT2D eigenvalue weighted by Crippen LogP contribution is 2.36. The molecule has 7 heteroatoms. The number of piperidine rings is 1. The van der Waals surface area contributed by atoms with Gasteiger partial charge in [-0.2, -0.15) is 0 Å². The molecule has 1 atom stereocenters. The second kappa shape index (κ2) is 7.93. The van der Waals surface area contributed by atoms with Crippen LogP contribution in [0.3, 0.4) is 0 Å². The average Bonchev–Trinajstić information content (AvgIpc) is 3.34. The monoisotopic (exact) mass is 442 g/mol. The Bertz CT molecular complexity index is 968. The first-order valence-corrected chi connectivity index (χ1v) is 9.48. The van der Waals surface area contributed by atoms with E-state index < -0.39 is 0 Å². The number of carbonyl (C=O) groups is 1. The molecule has 0 aliphatic carbocycles. The molecule has 0 bridgehead atoms. The molecule has 2 aliphatic rings. The standard InChI is InChI=1S/C21H22N4O2.BrH/c26-13-20(25-14-22-17-6-2-3-7-18(17)25)24-11-9-15(10-12-24)21-16-5-1-4-8-19(16)27-23-21;/h1-8,13,15,20,22H,9-12,14H2;1H. The van der Waals surface area contributed by atoms with Gasteiger partial charge in [0.2, 0.25) is 0 Å². The molecule has 0 spiro atoms. The Morgan fingerprint density at radius 1 is 1.11 bits per heavy atom. The summed E-state index contributed by atoms with van der Waals surface area (Å²) in [5.41, 5.74) is 4.09. The number of likely N-dealkylation sites (tertiary alicyclic amines) is 1. The van der Waals surface area contributed by atoms with Crippen LogP contribution in [0.25, 0.3) is 11.0 Å². The number of carbonyl (C=O) groups excluding carboxylic acids is 1. The molecule has 2 aromatic carbocycles. The van der Waals surface area contributed by atoms with Crippen LogP contribution in [0.4, 0.5) is 11.4 Å². The van der Waals surface area contributed by atoms with Crippen molar-refractivity contribution in [2.75, 3.05) is 30.0 Å². The van der Waals surface area contributed by atoms with Gasteiger partial charge in [-0.3, -0.25) is 9.69 Å². The predicted molar refractivity (Wildman–Crippen MR) is 115 cm³/mol. The van der Waals surface area contributed by atoms with E-state index in [9.17, 15) is 4.79 Å². The van der Waals surface area contributed by atoms with Crippen molar-refractivity contribution in [2.24, 2.45) is 0 Å². The van der Waals surface area contributed by atoms with Gasteiger partial charge in [0.1, 0.15) is 6.17 Å². The lowest BCUT2D eigenvalue weighted by Crippen LogP contribution is -2.52. The van der Waals surface area contributed by atoms with Crippen LogP contribution in [-0.4, -0.2) is 42.3 Å². The molecule has 1 fully saturated rings. The number of fused-ring (bicyclic) bond motifs is 2. The molecule has 2 aliphatic heterocycles. The van der Waals surface area contributed by atoms with Crippen LogP contribution in [0, 0.1) is 0 Å². The second-order valence-electron chi connectivity index (χ2n) is 7.25. The van der Waals surface area contributed by atoms with Gasteiger partial charge in [-0.15, -0.1) is 17.0 Å². The van der Waals surface area contributed by atoms with Crippen LogP contribution in [0.15, 0.2) is 53.1 Å². The lowest BCUT2D eigenvalue weighted by atomic mass is 9.91. The number of para-hydroxylation sites is 3. The number of benzene rings is 2. The minimum Gasteiger partial charge on any atom is -0.366 e. The first-order chi connectivity index (χ1) is 13.3. The number of hydrogen-bond donors (Lipinski definition) is 1. The van der Waals surface area contributed by atoms with Crippen LogP contribution in [0.1, 0.15) is 24.5 Å². The van der Waals surface area contributed by atoms with Crippen LogP contribution >= 0.6 is 17.0 Å². The maximum absolute atomic E-state index is 11.9. The third-order valence-corrected chi connectivity index (χ3v) is 5.79. The Kier molecular flexibility index (Phi) is 5.37. The maximum atomic E-state index is 11.9. The van der Waals surface area contributed by atoms with Crippen molar-refractivity contribution in [1.29, 1.82) is 0 Å². The molecule has 28 heavy (non-hydrogen) atoms. The van der Waals surface area contributed by atoms with Crippen molar-refractivity contribution in [1.82, 2.24) is 10.1 Å². The lowest BCUT2D eigenvalue weighted by molar-refractivity contribution is -0.112. The molecular weight excluding hydrogens is 420 g/mol. The molecule has 0 saturated carbocycles. The molecule has 6 nitrogen and oxygen atoms in total. The van der Waals surface area contributed by atoms with E-state index >= 15 is 0 Å². The van der Waals surface area contributed by atoms with Crippen molar-refractivity contribution in [3.05, 3.63) is 54.2 Å². The van der Waals surface area contributed by atoms with E-state index in [2.05, 4.69) is 38.5 Å². The average molecular weight is 443 g/mol. The van der Waals surface area contributed by atoms with Crippen LogP contribution in [0.5, 0.6) is 0 Å². The molecule has 1 aromatic heterocycles. The van der Waals surface area contributed by atoms with E-state index in [1.165, 1.54) is 0 Å². The highest BCUT2D eigenvalue weighted by Gasteiger charge is 2.33. The molecule has 0 radical (unpaired) electrons. The number of hydrogen-bond acceptors (Lipinski definition) is 6. The molecule has 146 valence electrons. The topological polar surface area (TPSA) is 61.6 Å². The Labute approximate surface area is 174 Å². The van der Waals surface area contributed by atoms with Gasteiger partial charge in [-0.25, -0.2) is 0 Å². The van der Waals surface area contributed by atoms with Crippen LogP contribution in [0.2, 0.25) is 0 Å². The summed E-state index contributed by atoms with van der Waals surface area (Å²) in [6.45, 7) is 2.40. The summed E-state index contributed by atoms with van der Waals surface area (Å²) < 4.78 is 5.48. The van der Waals surface area contributed by atoms with Gasteiger partial charge in [0, 0.05) is 24.4 Å². The summed E-state index contributed by atoms with van der Waals surface area (Å²) >= 11 is 0. The minimum absolute atomic E-state index is 0. The predicted octanol–water partition coefficient (Wildman–Crippen LogP) is 4.00. The molecule has 3 aromatic rings. The van der Waals surface area contributed by atoms with Gasteiger partial charge in [0.15, 0.2) is 11.9 Å². The van der Waals surface area contributed by atoms with E-state index in [1.54, 1.807) is 0 Å². The summed E-state index contributed by atoms with van der Waals surface area (Å²) in [7, 11) is 0. The van der Waals surface area contributed by atoms with Crippen molar-refractivity contribution >= 4 is 45.6 Å². The third-order valence-electron chi connectivity index (χ3n) is 5.79. The summed E-state index contributed by atoms with van der Waals surface area (Å²) in [5.74, 6) is 0.376. The SMILES string of the molecule is Br.O=CC(N1CCC(c2noc3ccccc23)CC1)N1CNc2ccccc21. The first kappa shape index (κ1) is 19.0. The number of aldehydes is 1. The van der Waals surface area contributed by atoms with Crippen molar-refractivity contribution in [3.8, 4) is 0 Å². The number of nitrogens with zero attached hydrogens (tertiary/aromatic N) is 3. The maximum Gasteiger partial charge on any atom is 0.167 e. The van der Waals surface area contributed by atoms with Crippen molar-refractivity contribution in [2.45, 2.75) is 24.9 Å². The van der Waals surface area contributed by atoms with Crippen LogP contribution < -0.4 is 10.2 Å². The number of rotatable bonds is 4. The summed E-state index contributed by atoms with van der Waals surface area (Å²) in [6, 6.07) is 16.2. The number of aromatic nitrogens is 1. The van der Waals surface area contributed by atoms with E-state index in [0.29, 0.717) is 12.6 Å². The van der Waals surface area contributed by atoms with E-state index in [-0.39, 0.29) is 23.1 Å². The second-order valence-corrected chi connectivity index (χ2v) is 7.25. The summed E-state index contributed by atoms with van der Waals surface area (Å²) in [6.07, 6.45) is 2.78. The Hall–Kier alpha value is -2.38. The van der Waals surface area contributed by atoms with Gasteiger partial charge < -0.3 is 14.7 Å². The Morgan fingerprint density at radius 2 is 1.86 bits per heavy atom. The van der Waals surface area contributed by atoms with Gasteiger partial charge in [0.25, 0.3) is 0 Å². The molecular formula is C21H23BrN4O2. The highest BCUT2D eigenvalue weighted by atomic mass is 79.9. The van der Waals surface area contributed by atoms with Gasteiger partial charge in [-0.1, -0.05) is 29.4 Å². The normalized spacial score (nSPS) is 18.4. The summed E-state index contributed by atoms with van der Waals surface area (Å²) in [5, 5.41) is 8.82. The number of halogens is 1. The molecule has 0 amide bonds. The smallest absolute Gasteiger partial charge is 0.167 e. The molecule has 5 rings (SSSR count). The van der Waals surface area contributed by atoms with Crippen molar-refractivity contribution in [3.63, 3.8) is 0 Å². The Morgan fingerprint density at radius 3 is 2.68 bits per heavy atom. The van der Waals surface area contributed by atoms with E-state index in [4.69, 9.17) is 4.52 Å². The van der Waals surface area contributed by atoms with Gasteiger partial charge in [-0.05, 0) is 37.1 Å².